The highest BCUT2D eigenvalue weighted by molar-refractivity contribution is 7.92. The van der Waals surface area contributed by atoms with Crippen molar-refractivity contribution in [3.63, 3.8) is 0 Å². The molecule has 0 N–H and O–H groups in total. The fourth-order valence-corrected chi connectivity index (χ4v) is 5.17. The lowest BCUT2D eigenvalue weighted by Crippen LogP contribution is -2.48. The molecule has 31 heavy (non-hydrogen) atoms. The predicted octanol–water partition coefficient (Wildman–Crippen LogP) is 2.11. The van der Waals surface area contributed by atoms with Crippen molar-refractivity contribution in [3.05, 3.63) is 58.9 Å². The van der Waals surface area contributed by atoms with Crippen LogP contribution in [0.1, 0.15) is 21.5 Å². The van der Waals surface area contributed by atoms with E-state index in [4.69, 9.17) is 4.74 Å². The Balaban J connectivity index is 1.37. The molecule has 1 saturated heterocycles. The van der Waals surface area contributed by atoms with E-state index in [2.05, 4.69) is 4.90 Å². The molecular formula is C22H26FN3O4S. The lowest BCUT2D eigenvalue weighted by Gasteiger charge is -2.35. The van der Waals surface area contributed by atoms with E-state index in [0.717, 1.165) is 11.1 Å². The monoisotopic (exact) mass is 447 g/mol. The van der Waals surface area contributed by atoms with Crippen LogP contribution in [0.2, 0.25) is 0 Å². The SMILES string of the molecule is COc1ccc(CN2CCN(C(=O)c3ccc4c(c3)CCN4S(C)(=O)=O)CC2)cc1F. The molecule has 9 heteroatoms. The van der Waals surface area contributed by atoms with Gasteiger partial charge in [-0.1, -0.05) is 6.07 Å². The molecule has 7 nitrogen and oxygen atoms in total. The lowest BCUT2D eigenvalue weighted by molar-refractivity contribution is 0.0628. The maximum Gasteiger partial charge on any atom is 0.253 e. The second-order valence-corrected chi connectivity index (χ2v) is 9.87. The van der Waals surface area contributed by atoms with Crippen LogP contribution >= 0.6 is 0 Å². The van der Waals surface area contributed by atoms with E-state index in [1.165, 1.54) is 23.7 Å². The van der Waals surface area contributed by atoms with Crippen molar-refractivity contribution in [2.75, 3.05) is 50.4 Å². The number of nitrogens with zero attached hydrogens (tertiary/aromatic N) is 3. The van der Waals surface area contributed by atoms with Crippen LogP contribution in [0.25, 0.3) is 0 Å². The number of hydrogen-bond donors (Lipinski definition) is 0. The van der Waals surface area contributed by atoms with E-state index in [0.29, 0.717) is 56.9 Å². The molecule has 0 bridgehead atoms. The first-order chi connectivity index (χ1) is 14.8. The Kier molecular flexibility index (Phi) is 5.90. The zero-order valence-corrected chi connectivity index (χ0v) is 18.5. The van der Waals surface area contributed by atoms with Gasteiger partial charge in [0.1, 0.15) is 0 Å². The van der Waals surface area contributed by atoms with Crippen molar-refractivity contribution in [1.29, 1.82) is 0 Å². The summed E-state index contributed by atoms with van der Waals surface area (Å²) in [5, 5.41) is 0. The van der Waals surface area contributed by atoms with Gasteiger partial charge in [0.2, 0.25) is 10.0 Å². The summed E-state index contributed by atoms with van der Waals surface area (Å²) >= 11 is 0. The Hall–Kier alpha value is -2.65. The maximum atomic E-state index is 13.9. The predicted molar refractivity (Wildman–Crippen MR) is 116 cm³/mol. The molecule has 1 fully saturated rings. The fourth-order valence-electron chi connectivity index (χ4n) is 4.21. The zero-order chi connectivity index (χ0) is 22.2. The molecule has 2 aliphatic heterocycles. The quantitative estimate of drug-likeness (QED) is 0.702. The Morgan fingerprint density at radius 1 is 1.06 bits per heavy atom. The first kappa shape index (κ1) is 21.6. The summed E-state index contributed by atoms with van der Waals surface area (Å²) in [6, 6.07) is 10.2. The van der Waals surface area contributed by atoms with Crippen molar-refractivity contribution < 1.29 is 22.3 Å². The van der Waals surface area contributed by atoms with Gasteiger partial charge in [0.15, 0.2) is 11.6 Å². The van der Waals surface area contributed by atoms with Crippen molar-refractivity contribution >= 4 is 21.6 Å². The summed E-state index contributed by atoms with van der Waals surface area (Å²) in [7, 11) is -1.86. The average Bonchev–Trinajstić information content (AvgIpc) is 3.18. The van der Waals surface area contributed by atoms with Gasteiger partial charge in [-0.05, 0) is 47.9 Å². The molecule has 2 aliphatic rings. The molecule has 4 rings (SSSR count). The molecule has 2 heterocycles. The number of methoxy groups -OCH3 is 1. The first-order valence-corrected chi connectivity index (χ1v) is 12.1. The van der Waals surface area contributed by atoms with Crippen LogP contribution in [0, 0.1) is 5.82 Å². The van der Waals surface area contributed by atoms with Gasteiger partial charge in [0.25, 0.3) is 5.91 Å². The van der Waals surface area contributed by atoms with Gasteiger partial charge in [-0.2, -0.15) is 0 Å². The van der Waals surface area contributed by atoms with E-state index >= 15 is 0 Å². The normalized spacial score (nSPS) is 17.0. The Morgan fingerprint density at radius 2 is 1.81 bits per heavy atom. The third-order valence-corrected chi connectivity index (χ3v) is 7.04. The molecule has 0 unspecified atom stereocenters. The zero-order valence-electron chi connectivity index (χ0n) is 17.7. The van der Waals surface area contributed by atoms with Crippen LogP contribution in [0.5, 0.6) is 5.75 Å². The van der Waals surface area contributed by atoms with E-state index in [1.54, 1.807) is 18.2 Å². The highest BCUT2D eigenvalue weighted by atomic mass is 32.2. The number of ether oxygens (including phenoxy) is 1. The summed E-state index contributed by atoms with van der Waals surface area (Å²) < 4.78 is 44.0. The molecular weight excluding hydrogens is 421 g/mol. The number of halogens is 1. The van der Waals surface area contributed by atoms with Crippen molar-refractivity contribution in [3.8, 4) is 5.75 Å². The van der Waals surface area contributed by atoms with E-state index < -0.39 is 10.0 Å². The fraction of sp³-hybridized carbons (Fsp3) is 0.409. The Morgan fingerprint density at radius 3 is 2.45 bits per heavy atom. The first-order valence-electron chi connectivity index (χ1n) is 10.2. The minimum absolute atomic E-state index is 0.0456. The molecule has 2 aromatic rings. The summed E-state index contributed by atoms with van der Waals surface area (Å²) in [6.07, 6.45) is 1.80. The summed E-state index contributed by atoms with van der Waals surface area (Å²) in [5.41, 5.74) is 3.00. The number of carbonyl (C=O) groups is 1. The maximum absolute atomic E-state index is 13.9. The standard InChI is InChI=1S/C22H26FN3O4S/c1-30-21-6-3-16(13-19(21)23)15-24-9-11-25(12-10-24)22(27)18-4-5-20-17(14-18)7-8-26(20)31(2,28)29/h3-6,13-14H,7-12,15H2,1-2H3. The average molecular weight is 448 g/mol. The molecule has 0 saturated carbocycles. The van der Waals surface area contributed by atoms with Gasteiger partial charge in [-0.3, -0.25) is 14.0 Å². The number of fused-ring (bicyclic) bond motifs is 1. The minimum Gasteiger partial charge on any atom is -0.494 e. The van der Waals surface area contributed by atoms with Crippen molar-refractivity contribution in [1.82, 2.24) is 9.80 Å². The smallest absolute Gasteiger partial charge is 0.253 e. The summed E-state index contributed by atoms with van der Waals surface area (Å²) in [5.74, 6) is -0.191. The third-order valence-electron chi connectivity index (χ3n) is 5.86. The number of amides is 1. The molecule has 0 radical (unpaired) electrons. The van der Waals surface area contributed by atoms with Crippen molar-refractivity contribution in [2.24, 2.45) is 0 Å². The van der Waals surface area contributed by atoms with Crippen LogP contribution in [0.3, 0.4) is 0 Å². The molecule has 0 aliphatic carbocycles. The van der Waals surface area contributed by atoms with Crippen LogP contribution < -0.4 is 9.04 Å². The van der Waals surface area contributed by atoms with Crippen LogP contribution in [-0.4, -0.2) is 70.2 Å². The second kappa shape index (κ2) is 8.47. The summed E-state index contributed by atoms with van der Waals surface area (Å²) in [6.45, 7) is 3.60. The molecule has 0 aromatic heterocycles. The number of benzene rings is 2. The van der Waals surface area contributed by atoms with E-state index in [-0.39, 0.29) is 17.5 Å². The highest BCUT2D eigenvalue weighted by Gasteiger charge is 2.28. The van der Waals surface area contributed by atoms with Crippen LogP contribution in [-0.2, 0) is 23.0 Å². The van der Waals surface area contributed by atoms with E-state index in [9.17, 15) is 17.6 Å². The number of piperazine rings is 1. The number of rotatable bonds is 5. The molecule has 166 valence electrons. The number of hydrogen-bond acceptors (Lipinski definition) is 5. The van der Waals surface area contributed by atoms with Gasteiger partial charge >= 0.3 is 0 Å². The van der Waals surface area contributed by atoms with Gasteiger partial charge in [-0.25, -0.2) is 12.8 Å². The molecule has 0 spiro atoms. The largest absolute Gasteiger partial charge is 0.494 e. The Bertz CT molecular complexity index is 1100. The highest BCUT2D eigenvalue weighted by Crippen LogP contribution is 2.31. The van der Waals surface area contributed by atoms with Crippen LogP contribution in [0.15, 0.2) is 36.4 Å². The van der Waals surface area contributed by atoms with E-state index in [1.807, 2.05) is 17.0 Å². The summed E-state index contributed by atoms with van der Waals surface area (Å²) in [4.78, 5) is 17.0. The lowest BCUT2D eigenvalue weighted by atomic mass is 10.1. The molecule has 1 amide bonds. The molecule has 0 atom stereocenters. The second-order valence-electron chi connectivity index (χ2n) is 7.97. The number of anilines is 1. The topological polar surface area (TPSA) is 70.2 Å². The van der Waals surface area contributed by atoms with Crippen LogP contribution in [0.4, 0.5) is 10.1 Å². The van der Waals surface area contributed by atoms with Gasteiger partial charge in [0.05, 0.1) is 19.1 Å². The Labute approximate surface area is 182 Å². The van der Waals surface area contributed by atoms with Gasteiger partial charge < -0.3 is 9.64 Å². The van der Waals surface area contributed by atoms with Gasteiger partial charge in [-0.15, -0.1) is 0 Å². The number of carbonyl (C=O) groups excluding carboxylic acids is 1. The van der Waals surface area contributed by atoms with Crippen molar-refractivity contribution in [2.45, 2.75) is 13.0 Å². The number of sulfonamides is 1. The third kappa shape index (κ3) is 4.52. The minimum atomic E-state index is -3.31. The molecule has 2 aromatic carbocycles. The van der Waals surface area contributed by atoms with Gasteiger partial charge in [0, 0.05) is 44.8 Å².